The van der Waals surface area contributed by atoms with Crippen LogP contribution in [0.1, 0.15) is 40.0 Å². The molecule has 0 heterocycles. The Kier molecular flexibility index (Phi) is 2.04. The average molecular weight is 142 g/mol. The van der Waals surface area contributed by atoms with Gasteiger partial charge in [0, 0.05) is 0 Å². The fraction of sp³-hybridized carbons (Fsp3) is 1.00. The molecule has 1 saturated carbocycles. The van der Waals surface area contributed by atoms with Gasteiger partial charge in [-0.05, 0) is 38.5 Å². The molecule has 1 nitrogen and oxygen atoms in total. The Morgan fingerprint density at radius 2 is 1.90 bits per heavy atom. The molecule has 0 bridgehead atoms. The summed E-state index contributed by atoms with van der Waals surface area (Å²) in [6.45, 7) is 6.12. The van der Waals surface area contributed by atoms with Crippen LogP contribution in [0.3, 0.4) is 0 Å². The lowest BCUT2D eigenvalue weighted by atomic mass is 9.89. The molecule has 1 N–H and O–H groups in total. The molecule has 0 saturated heterocycles. The zero-order valence-corrected chi connectivity index (χ0v) is 7.22. The molecule has 0 spiro atoms. The summed E-state index contributed by atoms with van der Waals surface area (Å²) in [6, 6.07) is 0. The largest absolute Gasteiger partial charge is 0.390 e. The zero-order valence-electron chi connectivity index (χ0n) is 7.22. The Morgan fingerprint density at radius 1 is 1.30 bits per heavy atom. The van der Waals surface area contributed by atoms with Gasteiger partial charge in [0.1, 0.15) is 0 Å². The van der Waals surface area contributed by atoms with Crippen LogP contribution in [0.15, 0.2) is 0 Å². The van der Waals surface area contributed by atoms with Crippen molar-refractivity contribution in [2.24, 2.45) is 11.8 Å². The first kappa shape index (κ1) is 8.06. The minimum atomic E-state index is -0.440. The van der Waals surface area contributed by atoms with Gasteiger partial charge >= 0.3 is 0 Å². The summed E-state index contributed by atoms with van der Waals surface area (Å²) in [5, 5.41) is 9.64. The molecule has 1 unspecified atom stereocenters. The molecule has 0 aromatic rings. The van der Waals surface area contributed by atoms with Crippen molar-refractivity contribution in [2.45, 2.75) is 45.6 Å². The van der Waals surface area contributed by atoms with E-state index < -0.39 is 5.60 Å². The lowest BCUT2D eigenvalue weighted by Gasteiger charge is -2.25. The summed E-state index contributed by atoms with van der Waals surface area (Å²) in [7, 11) is 0. The van der Waals surface area contributed by atoms with Gasteiger partial charge in [-0.15, -0.1) is 0 Å². The monoisotopic (exact) mass is 142 g/mol. The van der Waals surface area contributed by atoms with Crippen molar-refractivity contribution in [3.63, 3.8) is 0 Å². The van der Waals surface area contributed by atoms with Crippen molar-refractivity contribution < 1.29 is 5.11 Å². The van der Waals surface area contributed by atoms with Crippen molar-refractivity contribution in [3.8, 4) is 0 Å². The lowest BCUT2D eigenvalue weighted by Crippen LogP contribution is -2.28. The summed E-state index contributed by atoms with van der Waals surface area (Å²) < 4.78 is 0. The molecule has 2 atom stereocenters. The topological polar surface area (TPSA) is 20.2 Å². The highest BCUT2D eigenvalue weighted by Gasteiger charge is 2.32. The van der Waals surface area contributed by atoms with Gasteiger partial charge < -0.3 is 5.11 Å². The van der Waals surface area contributed by atoms with Crippen LogP contribution in [0, 0.1) is 11.8 Å². The van der Waals surface area contributed by atoms with Crippen LogP contribution in [0.5, 0.6) is 0 Å². The van der Waals surface area contributed by atoms with Gasteiger partial charge in [-0.3, -0.25) is 0 Å². The molecule has 10 heavy (non-hydrogen) atoms. The number of rotatable bonds is 1. The van der Waals surface area contributed by atoms with Crippen LogP contribution < -0.4 is 0 Å². The number of hydrogen-bond acceptors (Lipinski definition) is 1. The van der Waals surface area contributed by atoms with E-state index in [-0.39, 0.29) is 0 Å². The molecular formula is C9H18O. The van der Waals surface area contributed by atoms with Crippen molar-refractivity contribution >= 4 is 0 Å². The SMILES string of the molecule is C[C@@H]1CCC(C(C)(C)O)C1. The molecule has 0 aromatic carbocycles. The molecule has 1 heteroatoms. The summed E-state index contributed by atoms with van der Waals surface area (Å²) in [5.74, 6) is 1.37. The van der Waals surface area contributed by atoms with Gasteiger partial charge in [0.2, 0.25) is 0 Å². The molecule has 1 rings (SSSR count). The minimum absolute atomic E-state index is 0.440. The smallest absolute Gasteiger partial charge is 0.0619 e. The number of aliphatic hydroxyl groups is 1. The minimum Gasteiger partial charge on any atom is -0.390 e. The lowest BCUT2D eigenvalue weighted by molar-refractivity contribution is 0.0186. The van der Waals surface area contributed by atoms with E-state index in [0.29, 0.717) is 5.92 Å². The molecule has 1 fully saturated rings. The molecule has 0 radical (unpaired) electrons. The van der Waals surface area contributed by atoms with Crippen molar-refractivity contribution in [1.29, 1.82) is 0 Å². The normalized spacial score (nSPS) is 34.8. The van der Waals surface area contributed by atoms with Gasteiger partial charge in [0.05, 0.1) is 5.60 Å². The fourth-order valence-corrected chi connectivity index (χ4v) is 1.85. The standard InChI is InChI=1S/C9H18O/c1-7-4-5-8(6-7)9(2,3)10/h7-8,10H,4-6H2,1-3H3/t7-,8?/m1/s1. The van der Waals surface area contributed by atoms with E-state index in [4.69, 9.17) is 0 Å². The summed E-state index contributed by atoms with van der Waals surface area (Å²) in [5.41, 5.74) is -0.440. The zero-order chi connectivity index (χ0) is 7.78. The predicted octanol–water partition coefficient (Wildman–Crippen LogP) is 2.19. The van der Waals surface area contributed by atoms with E-state index in [2.05, 4.69) is 6.92 Å². The van der Waals surface area contributed by atoms with E-state index >= 15 is 0 Å². The third kappa shape index (κ3) is 1.72. The molecule has 1 aliphatic rings. The Labute approximate surface area is 63.4 Å². The van der Waals surface area contributed by atoms with E-state index in [9.17, 15) is 5.11 Å². The van der Waals surface area contributed by atoms with E-state index in [1.807, 2.05) is 13.8 Å². The van der Waals surface area contributed by atoms with Crippen molar-refractivity contribution in [2.75, 3.05) is 0 Å². The van der Waals surface area contributed by atoms with Gasteiger partial charge in [-0.2, -0.15) is 0 Å². The maximum Gasteiger partial charge on any atom is 0.0619 e. The van der Waals surface area contributed by atoms with Crippen LogP contribution in [-0.4, -0.2) is 10.7 Å². The number of hydrogen-bond donors (Lipinski definition) is 1. The Hall–Kier alpha value is -0.0400. The van der Waals surface area contributed by atoms with E-state index in [0.717, 1.165) is 5.92 Å². The highest BCUT2D eigenvalue weighted by molar-refractivity contribution is 4.83. The van der Waals surface area contributed by atoms with Gasteiger partial charge in [0.15, 0.2) is 0 Å². The third-order valence-electron chi connectivity index (χ3n) is 2.69. The second-order valence-electron chi connectivity index (χ2n) is 4.27. The average Bonchev–Trinajstić information content (AvgIpc) is 2.11. The Balaban J connectivity index is 2.45. The molecule has 0 aromatic heterocycles. The first-order valence-electron chi connectivity index (χ1n) is 4.22. The first-order valence-corrected chi connectivity index (χ1v) is 4.22. The van der Waals surface area contributed by atoms with E-state index in [1.165, 1.54) is 19.3 Å². The predicted molar refractivity (Wildman–Crippen MR) is 42.8 cm³/mol. The second kappa shape index (κ2) is 2.54. The Bertz CT molecular complexity index is 112. The quantitative estimate of drug-likeness (QED) is 0.595. The highest BCUT2D eigenvalue weighted by Crippen LogP contribution is 2.36. The maximum atomic E-state index is 9.64. The summed E-state index contributed by atoms with van der Waals surface area (Å²) in [6.07, 6.45) is 3.73. The van der Waals surface area contributed by atoms with Gasteiger partial charge in [-0.1, -0.05) is 13.3 Å². The van der Waals surface area contributed by atoms with Gasteiger partial charge in [0.25, 0.3) is 0 Å². The molecular weight excluding hydrogens is 124 g/mol. The van der Waals surface area contributed by atoms with Crippen LogP contribution in [0.25, 0.3) is 0 Å². The summed E-state index contributed by atoms with van der Waals surface area (Å²) >= 11 is 0. The maximum absolute atomic E-state index is 9.64. The van der Waals surface area contributed by atoms with Crippen molar-refractivity contribution in [3.05, 3.63) is 0 Å². The summed E-state index contributed by atoms with van der Waals surface area (Å²) in [4.78, 5) is 0. The molecule has 0 amide bonds. The van der Waals surface area contributed by atoms with Crippen LogP contribution in [0.2, 0.25) is 0 Å². The second-order valence-corrected chi connectivity index (χ2v) is 4.27. The molecule has 1 aliphatic carbocycles. The first-order chi connectivity index (χ1) is 4.50. The van der Waals surface area contributed by atoms with Crippen LogP contribution >= 0.6 is 0 Å². The molecule has 0 aliphatic heterocycles. The Morgan fingerprint density at radius 3 is 2.10 bits per heavy atom. The fourth-order valence-electron chi connectivity index (χ4n) is 1.85. The highest BCUT2D eigenvalue weighted by atomic mass is 16.3. The van der Waals surface area contributed by atoms with Crippen LogP contribution in [-0.2, 0) is 0 Å². The van der Waals surface area contributed by atoms with E-state index in [1.54, 1.807) is 0 Å². The van der Waals surface area contributed by atoms with Crippen molar-refractivity contribution in [1.82, 2.24) is 0 Å². The van der Waals surface area contributed by atoms with Crippen LogP contribution in [0.4, 0.5) is 0 Å². The molecule has 60 valence electrons. The third-order valence-corrected chi connectivity index (χ3v) is 2.69. The van der Waals surface area contributed by atoms with Gasteiger partial charge in [-0.25, -0.2) is 0 Å².